The van der Waals surface area contributed by atoms with Crippen LogP contribution in [0.3, 0.4) is 0 Å². The Morgan fingerprint density at radius 2 is 1.35 bits per heavy atom. The molecule has 0 unspecified atom stereocenters. The fourth-order valence-electron chi connectivity index (χ4n) is 5.51. The molecule has 5 aromatic carbocycles. The number of para-hydroxylation sites is 1. The maximum absolute atomic E-state index is 14.8. The fourth-order valence-corrected chi connectivity index (χ4v) is 7.25. The standard InChI is InChI=1S/C41H41Cl2N3O5S/c1-29-15-22-35(23-16-29)52(49,50)46(32-18-20-34(21-19-32)51-33-13-9-6-10-14-33)28-39(47)45(27-31-17-24-36(42)37(43)25-31)38(40(48)44-41(2,3)4)26-30-11-7-5-8-12-30/h5-25,38H,26-28H2,1-4H3,(H,44,48)/t38-/m1/s1. The summed E-state index contributed by atoms with van der Waals surface area (Å²) < 4.78 is 35.8. The second-order valence-electron chi connectivity index (χ2n) is 13.4. The first-order valence-corrected chi connectivity index (χ1v) is 18.9. The number of rotatable bonds is 13. The summed E-state index contributed by atoms with van der Waals surface area (Å²) in [4.78, 5) is 30.3. The van der Waals surface area contributed by atoms with Gasteiger partial charge in [-0.3, -0.25) is 13.9 Å². The first-order valence-electron chi connectivity index (χ1n) is 16.7. The van der Waals surface area contributed by atoms with Gasteiger partial charge in [0.15, 0.2) is 0 Å². The smallest absolute Gasteiger partial charge is 0.264 e. The zero-order chi connectivity index (χ0) is 37.5. The van der Waals surface area contributed by atoms with Crippen molar-refractivity contribution in [2.24, 2.45) is 0 Å². The van der Waals surface area contributed by atoms with Crippen LogP contribution in [0.1, 0.15) is 37.5 Å². The number of amides is 2. The summed E-state index contributed by atoms with van der Waals surface area (Å²) in [5.74, 6) is 0.110. The van der Waals surface area contributed by atoms with Crippen LogP contribution in [0, 0.1) is 6.92 Å². The van der Waals surface area contributed by atoms with E-state index in [0.717, 1.165) is 15.4 Å². The maximum Gasteiger partial charge on any atom is 0.264 e. The molecule has 0 radical (unpaired) electrons. The molecule has 0 saturated carbocycles. The Morgan fingerprint density at radius 3 is 1.94 bits per heavy atom. The van der Waals surface area contributed by atoms with Crippen molar-refractivity contribution in [3.05, 3.63) is 154 Å². The van der Waals surface area contributed by atoms with Crippen LogP contribution in [0.5, 0.6) is 11.5 Å². The minimum absolute atomic E-state index is 0.0119. The van der Waals surface area contributed by atoms with Crippen LogP contribution in [0.2, 0.25) is 10.0 Å². The van der Waals surface area contributed by atoms with Crippen molar-refractivity contribution in [2.75, 3.05) is 10.8 Å². The summed E-state index contributed by atoms with van der Waals surface area (Å²) in [7, 11) is -4.28. The molecule has 11 heteroatoms. The molecule has 2 amide bonds. The summed E-state index contributed by atoms with van der Waals surface area (Å²) in [6.07, 6.45) is 0.173. The highest BCUT2D eigenvalue weighted by atomic mass is 35.5. The second-order valence-corrected chi connectivity index (χ2v) is 16.1. The lowest BCUT2D eigenvalue weighted by Crippen LogP contribution is -2.56. The Labute approximate surface area is 316 Å². The number of nitrogens with zero attached hydrogens (tertiary/aromatic N) is 2. The van der Waals surface area contributed by atoms with Gasteiger partial charge in [-0.2, -0.15) is 0 Å². The van der Waals surface area contributed by atoms with E-state index >= 15 is 0 Å². The number of ether oxygens (including phenoxy) is 1. The quantitative estimate of drug-likeness (QED) is 0.130. The van der Waals surface area contributed by atoms with E-state index in [2.05, 4.69) is 5.32 Å². The molecule has 0 aliphatic carbocycles. The molecule has 0 saturated heterocycles. The summed E-state index contributed by atoms with van der Waals surface area (Å²) in [6, 6.07) is 35.4. The minimum Gasteiger partial charge on any atom is -0.457 e. The van der Waals surface area contributed by atoms with Gasteiger partial charge in [-0.25, -0.2) is 8.42 Å². The van der Waals surface area contributed by atoms with E-state index in [4.69, 9.17) is 27.9 Å². The molecule has 0 aromatic heterocycles. The fraction of sp³-hybridized carbons (Fsp3) is 0.220. The zero-order valence-corrected chi connectivity index (χ0v) is 31.8. The lowest BCUT2D eigenvalue weighted by Gasteiger charge is -2.35. The van der Waals surface area contributed by atoms with Crippen molar-refractivity contribution in [3.63, 3.8) is 0 Å². The molecule has 0 fully saturated rings. The molecular weight excluding hydrogens is 717 g/mol. The molecule has 1 N–H and O–H groups in total. The first-order chi connectivity index (χ1) is 24.7. The van der Waals surface area contributed by atoms with Gasteiger partial charge in [0.2, 0.25) is 11.8 Å². The Bertz CT molecular complexity index is 2090. The Kier molecular flexibility index (Phi) is 12.3. The number of halogens is 2. The highest BCUT2D eigenvalue weighted by molar-refractivity contribution is 7.92. The predicted octanol–water partition coefficient (Wildman–Crippen LogP) is 8.84. The van der Waals surface area contributed by atoms with Crippen LogP contribution in [-0.2, 0) is 32.6 Å². The monoisotopic (exact) mass is 757 g/mol. The van der Waals surface area contributed by atoms with E-state index in [0.29, 0.717) is 22.1 Å². The van der Waals surface area contributed by atoms with E-state index in [1.165, 1.54) is 17.0 Å². The van der Waals surface area contributed by atoms with Crippen LogP contribution in [-0.4, -0.2) is 43.3 Å². The van der Waals surface area contributed by atoms with E-state index in [9.17, 15) is 18.0 Å². The molecule has 0 aliphatic rings. The SMILES string of the molecule is Cc1ccc(S(=O)(=O)N(CC(=O)N(Cc2ccc(Cl)c(Cl)c2)[C@H](Cc2ccccc2)C(=O)NC(C)(C)C)c2ccc(Oc3ccccc3)cc2)cc1. The van der Waals surface area contributed by atoms with Crippen molar-refractivity contribution < 1.29 is 22.7 Å². The van der Waals surface area contributed by atoms with Crippen molar-refractivity contribution in [3.8, 4) is 11.5 Å². The molecule has 270 valence electrons. The van der Waals surface area contributed by atoms with Crippen molar-refractivity contribution >= 4 is 50.7 Å². The van der Waals surface area contributed by atoms with Crippen LogP contribution in [0.4, 0.5) is 5.69 Å². The van der Waals surface area contributed by atoms with Crippen molar-refractivity contribution in [1.29, 1.82) is 0 Å². The van der Waals surface area contributed by atoms with E-state index in [-0.39, 0.29) is 34.5 Å². The van der Waals surface area contributed by atoms with Gasteiger partial charge in [-0.15, -0.1) is 0 Å². The maximum atomic E-state index is 14.8. The van der Waals surface area contributed by atoms with E-state index in [1.54, 1.807) is 54.6 Å². The minimum atomic E-state index is -4.28. The molecule has 0 spiro atoms. The third kappa shape index (κ3) is 10.2. The Balaban J connectivity index is 1.58. The molecule has 5 rings (SSSR count). The van der Waals surface area contributed by atoms with E-state index in [1.807, 2.05) is 88.4 Å². The van der Waals surface area contributed by atoms with Gasteiger partial charge in [0.1, 0.15) is 24.1 Å². The van der Waals surface area contributed by atoms with Gasteiger partial charge in [-0.1, -0.05) is 95.5 Å². The highest BCUT2D eigenvalue weighted by Gasteiger charge is 2.35. The van der Waals surface area contributed by atoms with Crippen LogP contribution in [0.25, 0.3) is 0 Å². The third-order valence-electron chi connectivity index (χ3n) is 8.10. The number of benzene rings is 5. The number of hydrogen-bond donors (Lipinski definition) is 1. The molecule has 8 nitrogen and oxygen atoms in total. The predicted molar refractivity (Wildman–Crippen MR) is 208 cm³/mol. The van der Waals surface area contributed by atoms with Crippen molar-refractivity contribution in [1.82, 2.24) is 10.2 Å². The number of aryl methyl sites for hydroxylation is 1. The second kappa shape index (κ2) is 16.7. The average molecular weight is 759 g/mol. The van der Waals surface area contributed by atoms with Gasteiger partial charge in [0.25, 0.3) is 10.0 Å². The van der Waals surface area contributed by atoms with Gasteiger partial charge in [0.05, 0.1) is 20.6 Å². The normalized spacial score (nSPS) is 12.1. The number of sulfonamides is 1. The lowest BCUT2D eigenvalue weighted by molar-refractivity contribution is -0.140. The average Bonchev–Trinajstić information content (AvgIpc) is 3.11. The topological polar surface area (TPSA) is 96.0 Å². The van der Waals surface area contributed by atoms with Gasteiger partial charge in [-0.05, 0) is 99.5 Å². The molecule has 5 aromatic rings. The van der Waals surface area contributed by atoms with E-state index < -0.39 is 34.1 Å². The lowest BCUT2D eigenvalue weighted by atomic mass is 10.0. The number of anilines is 1. The number of carbonyl (C=O) groups is 2. The molecule has 0 heterocycles. The van der Waals surface area contributed by atoms with Crippen molar-refractivity contribution in [2.45, 2.75) is 57.1 Å². The van der Waals surface area contributed by atoms with Gasteiger partial charge >= 0.3 is 0 Å². The molecule has 0 aliphatic heterocycles. The zero-order valence-electron chi connectivity index (χ0n) is 29.4. The number of nitrogens with one attached hydrogen (secondary N) is 1. The van der Waals surface area contributed by atoms with Gasteiger partial charge < -0.3 is 15.0 Å². The first kappa shape index (κ1) is 38.4. The van der Waals surface area contributed by atoms with Crippen LogP contribution in [0.15, 0.2) is 132 Å². The summed E-state index contributed by atoms with van der Waals surface area (Å²) in [5.41, 5.74) is 1.93. The Morgan fingerprint density at radius 1 is 0.750 bits per heavy atom. The largest absolute Gasteiger partial charge is 0.457 e. The summed E-state index contributed by atoms with van der Waals surface area (Å²) in [5, 5.41) is 3.65. The number of hydrogen-bond acceptors (Lipinski definition) is 5. The van der Waals surface area contributed by atoms with Crippen LogP contribution < -0.4 is 14.4 Å². The molecular formula is C41H41Cl2N3O5S. The molecule has 1 atom stereocenters. The van der Waals surface area contributed by atoms with Crippen LogP contribution >= 0.6 is 23.2 Å². The Hall–Kier alpha value is -4.83. The third-order valence-corrected chi connectivity index (χ3v) is 10.6. The van der Waals surface area contributed by atoms with Gasteiger partial charge in [0, 0.05) is 18.5 Å². The number of carbonyl (C=O) groups excluding carboxylic acids is 2. The summed E-state index contributed by atoms with van der Waals surface area (Å²) >= 11 is 12.6. The molecule has 52 heavy (non-hydrogen) atoms. The summed E-state index contributed by atoms with van der Waals surface area (Å²) in [6.45, 7) is 6.78. The molecule has 0 bridgehead atoms. The highest BCUT2D eigenvalue weighted by Crippen LogP contribution is 2.30.